The lowest BCUT2D eigenvalue weighted by atomic mass is 10.0. The summed E-state index contributed by atoms with van der Waals surface area (Å²) < 4.78 is 8.82. The van der Waals surface area contributed by atoms with E-state index in [1.54, 1.807) is 11.3 Å². The molecule has 6 aromatic carbocycles. The first-order valence-electron chi connectivity index (χ1n) is 14.4. The van der Waals surface area contributed by atoms with Crippen LogP contribution in [0.4, 0.5) is 0 Å². The lowest BCUT2D eigenvalue weighted by molar-refractivity contribution is 0.623. The summed E-state index contributed by atoms with van der Waals surface area (Å²) in [6.45, 7) is 0. The third-order valence-electron chi connectivity index (χ3n) is 7.95. The van der Waals surface area contributed by atoms with Gasteiger partial charge in [0.25, 0.3) is 0 Å². The molecule has 0 saturated carbocycles. The van der Waals surface area contributed by atoms with Crippen LogP contribution in [0.1, 0.15) is 0 Å². The molecule has 0 bridgehead atoms. The largest absolute Gasteiger partial charge is 0.435 e. The number of aromatic nitrogens is 4. The van der Waals surface area contributed by atoms with Gasteiger partial charge in [-0.15, -0.1) is 11.3 Å². The number of nitrogens with zero attached hydrogens (tertiary/aromatic N) is 4. The Kier molecular flexibility index (Phi) is 5.61. The number of benzene rings is 6. The number of hydrogen-bond acceptors (Lipinski definition) is 6. The second-order valence-electron chi connectivity index (χ2n) is 10.7. The smallest absolute Gasteiger partial charge is 0.227 e. The third kappa shape index (κ3) is 4.07. The Bertz CT molecular complexity index is 2430. The molecule has 9 rings (SSSR count). The highest BCUT2D eigenvalue weighted by molar-refractivity contribution is 7.26. The van der Waals surface area contributed by atoms with Crippen LogP contribution in [0.25, 0.3) is 87.7 Å². The summed E-state index contributed by atoms with van der Waals surface area (Å²) in [6.07, 6.45) is 0. The van der Waals surface area contributed by atoms with E-state index < -0.39 is 0 Å². The van der Waals surface area contributed by atoms with Crippen LogP contribution in [0.15, 0.2) is 138 Å². The molecule has 0 unspecified atom stereocenters. The van der Waals surface area contributed by atoms with Gasteiger partial charge in [0.15, 0.2) is 23.1 Å². The van der Waals surface area contributed by atoms with Crippen LogP contribution in [-0.2, 0) is 0 Å². The van der Waals surface area contributed by atoms with Crippen molar-refractivity contribution in [3.05, 3.63) is 133 Å². The first-order valence-corrected chi connectivity index (χ1v) is 15.2. The molecule has 0 atom stereocenters. The van der Waals surface area contributed by atoms with Gasteiger partial charge in [-0.05, 0) is 35.7 Å². The predicted molar refractivity (Wildman–Crippen MR) is 180 cm³/mol. The van der Waals surface area contributed by atoms with Crippen LogP contribution in [0, 0.1) is 0 Å². The van der Waals surface area contributed by atoms with Gasteiger partial charge in [0.05, 0.1) is 0 Å². The minimum absolute atomic E-state index is 0.630. The summed E-state index contributed by atoms with van der Waals surface area (Å²) in [4.78, 5) is 19.6. The molecule has 3 aromatic heterocycles. The van der Waals surface area contributed by atoms with Crippen LogP contribution in [-0.4, -0.2) is 19.9 Å². The van der Waals surface area contributed by atoms with Gasteiger partial charge in [-0.3, -0.25) is 0 Å². The minimum Gasteiger partial charge on any atom is -0.435 e. The van der Waals surface area contributed by atoms with E-state index in [0.717, 1.165) is 48.8 Å². The Morgan fingerprint density at radius 3 is 1.70 bits per heavy atom. The zero-order valence-electron chi connectivity index (χ0n) is 23.3. The van der Waals surface area contributed by atoms with Gasteiger partial charge < -0.3 is 4.42 Å². The van der Waals surface area contributed by atoms with Crippen molar-refractivity contribution in [3.63, 3.8) is 0 Å². The normalized spacial score (nSPS) is 11.6. The summed E-state index contributed by atoms with van der Waals surface area (Å²) in [7, 11) is 0. The van der Waals surface area contributed by atoms with Gasteiger partial charge in [0, 0.05) is 47.8 Å². The summed E-state index contributed by atoms with van der Waals surface area (Å²) >= 11 is 1.76. The quantitative estimate of drug-likeness (QED) is 0.207. The Balaban J connectivity index is 1.24. The maximum Gasteiger partial charge on any atom is 0.227 e. The van der Waals surface area contributed by atoms with E-state index >= 15 is 0 Å². The van der Waals surface area contributed by atoms with Gasteiger partial charge in [0.1, 0.15) is 5.52 Å². The average Bonchev–Trinajstić information content (AvgIpc) is 3.71. The van der Waals surface area contributed by atoms with E-state index in [0.29, 0.717) is 23.4 Å². The first kappa shape index (κ1) is 24.8. The van der Waals surface area contributed by atoms with Crippen LogP contribution in [0.3, 0.4) is 0 Å². The molecule has 0 spiro atoms. The van der Waals surface area contributed by atoms with E-state index in [9.17, 15) is 0 Å². The molecule has 0 fully saturated rings. The third-order valence-corrected chi connectivity index (χ3v) is 9.07. The maximum absolute atomic E-state index is 6.46. The Labute approximate surface area is 256 Å². The molecule has 0 radical (unpaired) electrons. The van der Waals surface area contributed by atoms with Crippen molar-refractivity contribution in [2.45, 2.75) is 0 Å². The number of thiophene rings is 1. The molecular formula is C38H22N4OS. The lowest BCUT2D eigenvalue weighted by Crippen LogP contribution is -1.99. The van der Waals surface area contributed by atoms with Crippen LogP contribution < -0.4 is 0 Å². The van der Waals surface area contributed by atoms with Crippen molar-refractivity contribution in [1.82, 2.24) is 19.9 Å². The molecule has 3 heterocycles. The standard InChI is InChI=1S/C38H22N4OS/c1-4-10-24(11-5-1)35-40-36(25-12-6-2-7-13-25)42-37(41-35)27-16-19-28-31(22-27)44-30-21-18-23-17-20-29-34(32(23)33(28)30)43-38(39-29)26-14-8-3-9-15-26/h1-22H. The lowest BCUT2D eigenvalue weighted by Gasteiger charge is -2.08. The van der Waals surface area contributed by atoms with Crippen LogP contribution in [0.5, 0.6) is 0 Å². The first-order chi connectivity index (χ1) is 21.8. The molecule has 206 valence electrons. The Morgan fingerprint density at radius 1 is 0.455 bits per heavy atom. The van der Waals surface area contributed by atoms with Crippen molar-refractivity contribution in [1.29, 1.82) is 0 Å². The highest BCUT2D eigenvalue weighted by atomic mass is 32.1. The summed E-state index contributed by atoms with van der Waals surface area (Å²) in [5.74, 6) is 2.58. The van der Waals surface area contributed by atoms with Gasteiger partial charge in [-0.25, -0.2) is 19.9 Å². The highest BCUT2D eigenvalue weighted by Gasteiger charge is 2.18. The highest BCUT2D eigenvalue weighted by Crippen LogP contribution is 2.43. The van der Waals surface area contributed by atoms with Crippen molar-refractivity contribution in [3.8, 4) is 45.6 Å². The van der Waals surface area contributed by atoms with Crippen molar-refractivity contribution < 1.29 is 4.42 Å². The summed E-state index contributed by atoms with van der Waals surface area (Å²) in [5, 5.41) is 4.57. The molecule has 0 aliphatic heterocycles. The van der Waals surface area contributed by atoms with Gasteiger partial charge in [-0.2, -0.15) is 0 Å². The zero-order chi connectivity index (χ0) is 29.0. The fourth-order valence-corrected chi connectivity index (χ4v) is 6.99. The second-order valence-corrected chi connectivity index (χ2v) is 11.8. The van der Waals surface area contributed by atoms with Gasteiger partial charge in [0.2, 0.25) is 5.89 Å². The molecule has 0 saturated heterocycles. The van der Waals surface area contributed by atoms with E-state index in [1.807, 2.05) is 97.1 Å². The summed E-state index contributed by atoms with van der Waals surface area (Å²) in [6, 6.07) is 45.2. The van der Waals surface area contributed by atoms with Crippen LogP contribution >= 0.6 is 11.3 Å². The molecule has 6 heteroatoms. The minimum atomic E-state index is 0.630. The summed E-state index contributed by atoms with van der Waals surface area (Å²) in [5.41, 5.74) is 5.48. The van der Waals surface area contributed by atoms with E-state index in [-0.39, 0.29) is 0 Å². The molecule has 5 nitrogen and oxygen atoms in total. The molecular weight excluding hydrogens is 561 g/mol. The maximum atomic E-state index is 6.46. The predicted octanol–water partition coefficient (Wildman–Crippen LogP) is 10.2. The number of rotatable bonds is 4. The monoisotopic (exact) mass is 582 g/mol. The molecule has 44 heavy (non-hydrogen) atoms. The zero-order valence-corrected chi connectivity index (χ0v) is 24.1. The van der Waals surface area contributed by atoms with E-state index in [1.165, 1.54) is 15.5 Å². The number of hydrogen-bond donors (Lipinski definition) is 0. The van der Waals surface area contributed by atoms with Gasteiger partial charge >= 0.3 is 0 Å². The van der Waals surface area contributed by atoms with Gasteiger partial charge in [-0.1, -0.05) is 103 Å². The van der Waals surface area contributed by atoms with Crippen molar-refractivity contribution in [2.75, 3.05) is 0 Å². The molecule has 0 amide bonds. The van der Waals surface area contributed by atoms with Crippen molar-refractivity contribution >= 4 is 53.4 Å². The molecule has 0 aliphatic carbocycles. The molecule has 0 N–H and O–H groups in total. The van der Waals surface area contributed by atoms with Crippen LogP contribution in [0.2, 0.25) is 0 Å². The Morgan fingerprint density at radius 2 is 1.05 bits per heavy atom. The SMILES string of the molecule is c1ccc(-c2nc(-c3ccccc3)nc(-c3ccc4c(c3)sc3ccc5ccc6nc(-c7ccccc7)oc6c5c34)n2)cc1. The Hall–Kier alpha value is -5.72. The van der Waals surface area contributed by atoms with E-state index in [4.69, 9.17) is 24.4 Å². The average molecular weight is 583 g/mol. The second kappa shape index (κ2) is 9.93. The fourth-order valence-electron chi connectivity index (χ4n) is 5.84. The molecule has 0 aliphatic rings. The number of oxazole rings is 1. The number of fused-ring (bicyclic) bond motifs is 7. The van der Waals surface area contributed by atoms with E-state index in [2.05, 4.69) is 36.4 Å². The fraction of sp³-hybridized carbons (Fsp3) is 0. The molecule has 9 aromatic rings. The van der Waals surface area contributed by atoms with Crippen molar-refractivity contribution in [2.24, 2.45) is 0 Å². The topological polar surface area (TPSA) is 64.7 Å².